The molecule has 4 heteroatoms. The summed E-state index contributed by atoms with van der Waals surface area (Å²) < 4.78 is 10.8. The molecule has 0 aromatic heterocycles. The predicted octanol–water partition coefficient (Wildman–Crippen LogP) is 1.03. The van der Waals surface area contributed by atoms with Crippen LogP contribution < -0.4 is 0 Å². The zero-order chi connectivity index (χ0) is 12.3. The second kappa shape index (κ2) is 9.01. The SMILES string of the molecule is CCC(C#CCN1CCOCC1)OCCC#N. The van der Waals surface area contributed by atoms with E-state index in [9.17, 15) is 0 Å². The van der Waals surface area contributed by atoms with Gasteiger partial charge in [0.15, 0.2) is 0 Å². The number of morpholine rings is 1. The fraction of sp³-hybridized carbons (Fsp3) is 0.769. The topological polar surface area (TPSA) is 45.5 Å². The van der Waals surface area contributed by atoms with Gasteiger partial charge in [-0.1, -0.05) is 18.8 Å². The lowest BCUT2D eigenvalue weighted by atomic mass is 10.2. The van der Waals surface area contributed by atoms with Crippen LogP contribution in [0.4, 0.5) is 0 Å². The first-order chi connectivity index (χ1) is 8.36. The molecule has 0 aliphatic carbocycles. The van der Waals surface area contributed by atoms with Crippen molar-refractivity contribution in [2.45, 2.75) is 25.9 Å². The summed E-state index contributed by atoms with van der Waals surface area (Å²) in [6.45, 7) is 6.82. The molecular weight excluding hydrogens is 216 g/mol. The van der Waals surface area contributed by atoms with Crippen molar-refractivity contribution in [3.05, 3.63) is 0 Å². The van der Waals surface area contributed by atoms with E-state index in [1.54, 1.807) is 0 Å². The third kappa shape index (κ3) is 6.28. The minimum atomic E-state index is -0.0376. The molecule has 0 amide bonds. The Kier molecular flexibility index (Phi) is 7.42. The van der Waals surface area contributed by atoms with Crippen LogP contribution in [0.5, 0.6) is 0 Å². The summed E-state index contributed by atoms with van der Waals surface area (Å²) in [5.74, 6) is 6.26. The molecule has 94 valence electrons. The molecule has 0 spiro atoms. The molecule has 1 saturated heterocycles. The largest absolute Gasteiger partial charge is 0.379 e. The summed E-state index contributed by atoms with van der Waals surface area (Å²) in [5.41, 5.74) is 0. The molecule has 1 aliphatic heterocycles. The van der Waals surface area contributed by atoms with Crippen LogP contribution in [0.3, 0.4) is 0 Å². The second-order valence-electron chi connectivity index (χ2n) is 3.89. The van der Waals surface area contributed by atoms with Crippen molar-refractivity contribution in [1.29, 1.82) is 5.26 Å². The summed E-state index contributed by atoms with van der Waals surface area (Å²) in [5, 5.41) is 8.41. The molecule has 0 N–H and O–H groups in total. The Hall–Kier alpha value is -1.07. The first-order valence-corrected chi connectivity index (χ1v) is 6.14. The lowest BCUT2D eigenvalue weighted by molar-refractivity contribution is 0.0442. The first kappa shape index (κ1) is 14.0. The molecule has 17 heavy (non-hydrogen) atoms. The van der Waals surface area contributed by atoms with Gasteiger partial charge in [0, 0.05) is 13.1 Å². The van der Waals surface area contributed by atoms with Crippen molar-refractivity contribution in [3.8, 4) is 17.9 Å². The number of hydrogen-bond donors (Lipinski definition) is 0. The molecule has 1 fully saturated rings. The van der Waals surface area contributed by atoms with Crippen LogP contribution in [0.25, 0.3) is 0 Å². The maximum absolute atomic E-state index is 8.41. The average Bonchev–Trinajstić information content (AvgIpc) is 2.38. The molecule has 0 bridgehead atoms. The smallest absolute Gasteiger partial charge is 0.118 e. The number of nitriles is 1. The monoisotopic (exact) mass is 236 g/mol. The van der Waals surface area contributed by atoms with E-state index in [0.29, 0.717) is 13.0 Å². The van der Waals surface area contributed by atoms with Crippen LogP contribution in [-0.4, -0.2) is 50.5 Å². The van der Waals surface area contributed by atoms with Gasteiger partial charge in [0.2, 0.25) is 0 Å². The van der Waals surface area contributed by atoms with Gasteiger partial charge < -0.3 is 9.47 Å². The van der Waals surface area contributed by atoms with E-state index in [2.05, 4.69) is 22.8 Å². The standard InChI is InChI=1S/C13H20N2O2/c1-2-13(17-10-4-6-14)5-3-7-15-8-11-16-12-9-15/h13H,2,4,7-12H2,1H3. The van der Waals surface area contributed by atoms with Crippen LogP contribution in [-0.2, 0) is 9.47 Å². The number of ether oxygens (including phenoxy) is 2. The van der Waals surface area contributed by atoms with Crippen LogP contribution in [0.1, 0.15) is 19.8 Å². The highest BCUT2D eigenvalue weighted by Crippen LogP contribution is 1.98. The van der Waals surface area contributed by atoms with Gasteiger partial charge in [-0.25, -0.2) is 0 Å². The third-order valence-electron chi connectivity index (χ3n) is 2.57. The maximum atomic E-state index is 8.41. The summed E-state index contributed by atoms with van der Waals surface area (Å²) in [4.78, 5) is 2.28. The Labute approximate surface area is 103 Å². The lowest BCUT2D eigenvalue weighted by Crippen LogP contribution is -2.36. The molecular formula is C13H20N2O2. The molecule has 0 radical (unpaired) electrons. The molecule has 1 rings (SSSR count). The minimum absolute atomic E-state index is 0.0376. The molecule has 0 saturated carbocycles. The van der Waals surface area contributed by atoms with E-state index in [1.165, 1.54) is 0 Å². The fourth-order valence-electron chi connectivity index (χ4n) is 1.54. The summed E-state index contributed by atoms with van der Waals surface area (Å²) in [6.07, 6.45) is 1.26. The molecule has 4 nitrogen and oxygen atoms in total. The van der Waals surface area contributed by atoms with Gasteiger partial charge in [-0.05, 0) is 6.42 Å². The van der Waals surface area contributed by atoms with E-state index in [1.807, 2.05) is 6.92 Å². The number of nitrogens with zero attached hydrogens (tertiary/aromatic N) is 2. The Morgan fingerprint density at radius 3 is 2.82 bits per heavy atom. The molecule has 0 aromatic rings. The van der Waals surface area contributed by atoms with Crippen LogP contribution in [0.15, 0.2) is 0 Å². The van der Waals surface area contributed by atoms with Gasteiger partial charge in [0.05, 0.1) is 38.9 Å². The van der Waals surface area contributed by atoms with E-state index >= 15 is 0 Å². The Morgan fingerprint density at radius 1 is 1.41 bits per heavy atom. The van der Waals surface area contributed by atoms with E-state index in [4.69, 9.17) is 14.7 Å². The van der Waals surface area contributed by atoms with Gasteiger partial charge in [-0.15, -0.1) is 0 Å². The van der Waals surface area contributed by atoms with Crippen LogP contribution in [0, 0.1) is 23.2 Å². The molecule has 0 aromatic carbocycles. The Morgan fingerprint density at radius 2 is 2.18 bits per heavy atom. The van der Waals surface area contributed by atoms with E-state index in [0.717, 1.165) is 39.3 Å². The third-order valence-corrected chi connectivity index (χ3v) is 2.57. The van der Waals surface area contributed by atoms with Gasteiger partial charge in [0.1, 0.15) is 6.10 Å². The van der Waals surface area contributed by atoms with Crippen molar-refractivity contribution in [2.24, 2.45) is 0 Å². The van der Waals surface area contributed by atoms with E-state index < -0.39 is 0 Å². The maximum Gasteiger partial charge on any atom is 0.118 e. The van der Waals surface area contributed by atoms with Crippen molar-refractivity contribution in [3.63, 3.8) is 0 Å². The molecule has 1 heterocycles. The number of rotatable bonds is 5. The van der Waals surface area contributed by atoms with Crippen LogP contribution >= 0.6 is 0 Å². The first-order valence-electron chi connectivity index (χ1n) is 6.14. The highest BCUT2D eigenvalue weighted by Gasteiger charge is 2.08. The van der Waals surface area contributed by atoms with Gasteiger partial charge in [-0.3, -0.25) is 4.90 Å². The number of hydrogen-bond acceptors (Lipinski definition) is 4. The Balaban J connectivity index is 2.22. The molecule has 1 aliphatic rings. The zero-order valence-electron chi connectivity index (χ0n) is 10.4. The fourth-order valence-corrected chi connectivity index (χ4v) is 1.54. The lowest BCUT2D eigenvalue weighted by Gasteiger charge is -2.24. The van der Waals surface area contributed by atoms with Crippen molar-refractivity contribution >= 4 is 0 Å². The second-order valence-corrected chi connectivity index (χ2v) is 3.89. The van der Waals surface area contributed by atoms with Crippen molar-refractivity contribution < 1.29 is 9.47 Å². The van der Waals surface area contributed by atoms with Gasteiger partial charge in [0.25, 0.3) is 0 Å². The van der Waals surface area contributed by atoms with E-state index in [-0.39, 0.29) is 6.10 Å². The van der Waals surface area contributed by atoms with Gasteiger partial charge >= 0.3 is 0 Å². The molecule has 1 unspecified atom stereocenters. The summed E-state index contributed by atoms with van der Waals surface area (Å²) in [6, 6.07) is 2.06. The highest BCUT2D eigenvalue weighted by atomic mass is 16.5. The predicted molar refractivity (Wildman–Crippen MR) is 65.3 cm³/mol. The quantitative estimate of drug-likeness (QED) is 0.528. The van der Waals surface area contributed by atoms with Gasteiger partial charge in [-0.2, -0.15) is 5.26 Å². The van der Waals surface area contributed by atoms with Crippen molar-refractivity contribution in [1.82, 2.24) is 4.90 Å². The minimum Gasteiger partial charge on any atom is -0.379 e. The molecule has 1 atom stereocenters. The highest BCUT2D eigenvalue weighted by molar-refractivity contribution is 5.06. The summed E-state index contributed by atoms with van der Waals surface area (Å²) in [7, 11) is 0. The van der Waals surface area contributed by atoms with Crippen LogP contribution in [0.2, 0.25) is 0 Å². The summed E-state index contributed by atoms with van der Waals surface area (Å²) >= 11 is 0. The Bertz CT molecular complexity index is 295. The normalized spacial score (nSPS) is 17.9. The van der Waals surface area contributed by atoms with Crippen molar-refractivity contribution in [2.75, 3.05) is 39.5 Å². The average molecular weight is 236 g/mol. The zero-order valence-corrected chi connectivity index (χ0v) is 10.4.